The van der Waals surface area contributed by atoms with Crippen molar-refractivity contribution in [1.82, 2.24) is 0 Å². The minimum Gasteiger partial charge on any atom is -0.493 e. The molecule has 1 N–H and O–H groups in total. The normalized spacial score (nSPS) is 16.2. The Morgan fingerprint density at radius 1 is 1.32 bits per heavy atom. The van der Waals surface area contributed by atoms with Gasteiger partial charge in [-0.15, -0.1) is 0 Å². The molecule has 1 aromatic carbocycles. The Labute approximate surface area is 125 Å². The van der Waals surface area contributed by atoms with Gasteiger partial charge in [0.2, 0.25) is 5.60 Å². The Balaban J connectivity index is 3.32. The molecule has 0 radical (unpaired) electrons. The van der Waals surface area contributed by atoms with E-state index >= 15 is 0 Å². The highest BCUT2D eigenvalue weighted by Gasteiger charge is 2.55. The maximum absolute atomic E-state index is 13.7. The van der Waals surface area contributed by atoms with E-state index in [4.69, 9.17) is 4.74 Å². The number of methoxy groups -OCH3 is 1. The maximum atomic E-state index is 13.7. The number of hydrogen-bond donors (Lipinski definition) is 1. The van der Waals surface area contributed by atoms with Gasteiger partial charge in [0.1, 0.15) is 0 Å². The van der Waals surface area contributed by atoms with E-state index in [1.165, 1.54) is 19.2 Å². The molecule has 1 aromatic rings. The monoisotopic (exact) mass is 322 g/mol. The Morgan fingerprint density at radius 3 is 2.32 bits per heavy atom. The van der Waals surface area contributed by atoms with Gasteiger partial charge >= 0.3 is 6.18 Å². The predicted molar refractivity (Wildman–Crippen MR) is 72.2 cm³/mol. The van der Waals surface area contributed by atoms with Crippen LogP contribution < -0.4 is 4.74 Å². The third kappa shape index (κ3) is 3.58. The molecule has 0 aliphatic heterocycles. The summed E-state index contributed by atoms with van der Waals surface area (Å²) in [6, 6.07) is 3.89. The number of hydrogen-bond acceptors (Lipinski definition) is 3. The molecule has 1 rings (SSSR count). The molecule has 0 aliphatic rings. The lowest BCUT2D eigenvalue weighted by Crippen LogP contribution is -2.48. The van der Waals surface area contributed by atoms with E-state index in [9.17, 15) is 27.5 Å². The SMILES string of the molecule is COc1c(F)cccc1C(CC(O)(C=O)C(F)(F)F)C(C)C. The molecule has 0 aliphatic carbocycles. The first kappa shape index (κ1) is 18.4. The molecule has 0 fully saturated rings. The Kier molecular flexibility index (Phi) is 5.56. The molecular weight excluding hydrogens is 304 g/mol. The van der Waals surface area contributed by atoms with E-state index < -0.39 is 36.2 Å². The standard InChI is InChI=1S/C15H18F4O3/c1-9(2)11(7-14(21,8-20)15(17,18)19)10-5-4-6-12(16)13(10)22-3/h4-6,8-9,11,21H,7H2,1-3H3. The number of carbonyl (C=O) groups is 1. The molecule has 0 saturated heterocycles. The van der Waals surface area contributed by atoms with E-state index in [-0.39, 0.29) is 17.2 Å². The van der Waals surface area contributed by atoms with E-state index in [1.807, 2.05) is 0 Å². The number of benzene rings is 1. The second kappa shape index (κ2) is 6.64. The van der Waals surface area contributed by atoms with Crippen molar-refractivity contribution < 1.29 is 32.2 Å². The number of para-hydroxylation sites is 1. The number of aldehydes is 1. The van der Waals surface area contributed by atoms with Gasteiger partial charge in [0, 0.05) is 5.56 Å². The Morgan fingerprint density at radius 2 is 1.91 bits per heavy atom. The van der Waals surface area contributed by atoms with Crippen molar-refractivity contribution in [2.75, 3.05) is 7.11 Å². The summed E-state index contributed by atoms with van der Waals surface area (Å²) in [6.07, 6.45) is -6.53. The quantitative estimate of drug-likeness (QED) is 0.644. The zero-order valence-corrected chi connectivity index (χ0v) is 12.4. The van der Waals surface area contributed by atoms with Crippen LogP contribution >= 0.6 is 0 Å². The lowest BCUT2D eigenvalue weighted by Gasteiger charge is -2.32. The number of alkyl halides is 3. The molecule has 0 aromatic heterocycles. The van der Waals surface area contributed by atoms with Crippen molar-refractivity contribution in [1.29, 1.82) is 0 Å². The minimum atomic E-state index is -5.11. The number of halogens is 4. The molecule has 0 amide bonds. The van der Waals surface area contributed by atoms with E-state index in [0.29, 0.717) is 0 Å². The summed E-state index contributed by atoms with van der Waals surface area (Å²) in [6.45, 7) is 3.24. The van der Waals surface area contributed by atoms with Crippen LogP contribution in [-0.2, 0) is 4.79 Å². The zero-order chi connectivity index (χ0) is 17.1. The molecular formula is C15H18F4O3. The van der Waals surface area contributed by atoms with Gasteiger partial charge in [-0.3, -0.25) is 4.79 Å². The van der Waals surface area contributed by atoms with Crippen LogP contribution in [0.25, 0.3) is 0 Å². The topological polar surface area (TPSA) is 46.5 Å². The number of carbonyl (C=O) groups excluding carboxylic acids is 1. The number of rotatable bonds is 6. The Bertz CT molecular complexity index is 528. The molecule has 0 bridgehead atoms. The molecule has 7 heteroatoms. The minimum absolute atomic E-state index is 0.182. The predicted octanol–water partition coefficient (Wildman–Crippen LogP) is 3.46. The van der Waals surface area contributed by atoms with Gasteiger partial charge in [-0.25, -0.2) is 4.39 Å². The van der Waals surface area contributed by atoms with Crippen LogP contribution in [-0.4, -0.2) is 30.3 Å². The molecule has 3 nitrogen and oxygen atoms in total. The number of ether oxygens (including phenoxy) is 1. The fourth-order valence-electron chi connectivity index (χ4n) is 2.30. The lowest BCUT2D eigenvalue weighted by molar-refractivity contribution is -0.248. The highest BCUT2D eigenvalue weighted by atomic mass is 19.4. The molecule has 124 valence electrons. The average molecular weight is 322 g/mol. The van der Waals surface area contributed by atoms with Crippen LogP contribution in [0.1, 0.15) is 31.7 Å². The first-order valence-corrected chi connectivity index (χ1v) is 6.65. The first-order valence-electron chi connectivity index (χ1n) is 6.65. The van der Waals surface area contributed by atoms with Crippen LogP contribution in [0.2, 0.25) is 0 Å². The van der Waals surface area contributed by atoms with Gasteiger partial charge in [-0.1, -0.05) is 26.0 Å². The van der Waals surface area contributed by atoms with Crippen molar-refractivity contribution in [2.45, 2.75) is 38.0 Å². The summed E-state index contributed by atoms with van der Waals surface area (Å²) in [4.78, 5) is 10.8. The van der Waals surface area contributed by atoms with Crippen molar-refractivity contribution in [3.8, 4) is 5.75 Å². The zero-order valence-electron chi connectivity index (χ0n) is 12.4. The summed E-state index contributed by atoms with van der Waals surface area (Å²) in [5, 5.41) is 9.64. The summed E-state index contributed by atoms with van der Waals surface area (Å²) >= 11 is 0. The third-order valence-electron chi connectivity index (χ3n) is 3.62. The molecule has 2 unspecified atom stereocenters. The van der Waals surface area contributed by atoms with Gasteiger partial charge in [0.25, 0.3) is 0 Å². The summed E-state index contributed by atoms with van der Waals surface area (Å²) in [7, 11) is 1.20. The third-order valence-corrected chi connectivity index (χ3v) is 3.62. The van der Waals surface area contributed by atoms with Crippen LogP contribution in [0.3, 0.4) is 0 Å². The van der Waals surface area contributed by atoms with E-state index in [1.54, 1.807) is 13.8 Å². The molecule has 0 spiro atoms. The van der Waals surface area contributed by atoms with Crippen molar-refractivity contribution in [2.24, 2.45) is 5.92 Å². The van der Waals surface area contributed by atoms with E-state index in [0.717, 1.165) is 6.07 Å². The van der Waals surface area contributed by atoms with Gasteiger partial charge in [0.05, 0.1) is 7.11 Å². The summed E-state index contributed by atoms with van der Waals surface area (Å²) in [5.74, 6) is -2.20. The van der Waals surface area contributed by atoms with Crippen molar-refractivity contribution in [3.63, 3.8) is 0 Å². The lowest BCUT2D eigenvalue weighted by atomic mass is 9.79. The number of aliphatic hydroxyl groups is 1. The molecule has 0 saturated carbocycles. The van der Waals surface area contributed by atoms with Gasteiger partial charge in [0.15, 0.2) is 17.9 Å². The fraction of sp³-hybridized carbons (Fsp3) is 0.533. The second-order valence-corrected chi connectivity index (χ2v) is 5.46. The maximum Gasteiger partial charge on any atom is 0.424 e. The smallest absolute Gasteiger partial charge is 0.424 e. The Hall–Kier alpha value is -1.63. The van der Waals surface area contributed by atoms with E-state index in [2.05, 4.69) is 0 Å². The second-order valence-electron chi connectivity index (χ2n) is 5.46. The van der Waals surface area contributed by atoms with Gasteiger partial charge < -0.3 is 9.84 Å². The summed E-state index contributed by atoms with van der Waals surface area (Å²) < 4.78 is 57.4. The van der Waals surface area contributed by atoms with Gasteiger partial charge in [-0.2, -0.15) is 13.2 Å². The van der Waals surface area contributed by atoms with Crippen LogP contribution in [0, 0.1) is 11.7 Å². The highest BCUT2D eigenvalue weighted by Crippen LogP contribution is 2.42. The largest absolute Gasteiger partial charge is 0.493 e. The highest BCUT2D eigenvalue weighted by molar-refractivity contribution is 5.64. The molecule has 22 heavy (non-hydrogen) atoms. The fourth-order valence-corrected chi connectivity index (χ4v) is 2.30. The van der Waals surface area contributed by atoms with Crippen LogP contribution in [0.4, 0.5) is 17.6 Å². The van der Waals surface area contributed by atoms with Crippen molar-refractivity contribution >= 4 is 6.29 Å². The first-order chi connectivity index (χ1) is 10.1. The van der Waals surface area contributed by atoms with Gasteiger partial charge in [-0.05, 0) is 24.3 Å². The van der Waals surface area contributed by atoms with Crippen molar-refractivity contribution in [3.05, 3.63) is 29.6 Å². The summed E-state index contributed by atoms with van der Waals surface area (Å²) in [5.41, 5.74) is -3.30. The van der Waals surface area contributed by atoms with Crippen LogP contribution in [0.5, 0.6) is 5.75 Å². The van der Waals surface area contributed by atoms with Crippen LogP contribution in [0.15, 0.2) is 18.2 Å². The average Bonchev–Trinajstić information content (AvgIpc) is 2.42. The molecule has 2 atom stereocenters. The molecule has 0 heterocycles.